The number of nitrogens with zero attached hydrogens (tertiary/aromatic N) is 2. The average Bonchev–Trinajstić information content (AvgIpc) is 2.79. The zero-order chi connectivity index (χ0) is 11.4. The van der Waals surface area contributed by atoms with Crippen molar-refractivity contribution in [2.75, 3.05) is 19.6 Å². The van der Waals surface area contributed by atoms with Crippen LogP contribution >= 0.6 is 36.2 Å². The first-order chi connectivity index (χ1) is 7.77. The van der Waals surface area contributed by atoms with E-state index in [0.717, 1.165) is 31.7 Å². The molecule has 0 spiro atoms. The number of amides is 1. The molecule has 0 radical (unpaired) electrons. The van der Waals surface area contributed by atoms with Gasteiger partial charge >= 0.3 is 0 Å². The topological polar surface area (TPSA) is 45.2 Å². The quantitative estimate of drug-likeness (QED) is 0.925. The highest BCUT2D eigenvalue weighted by Crippen LogP contribution is 2.09. The summed E-state index contributed by atoms with van der Waals surface area (Å²) in [6, 6.07) is 0.316. The van der Waals surface area contributed by atoms with E-state index < -0.39 is 0 Å². The summed E-state index contributed by atoms with van der Waals surface area (Å²) in [6.45, 7) is 4.74. The molecule has 7 heteroatoms. The maximum atomic E-state index is 12.0. The van der Waals surface area contributed by atoms with E-state index in [0.29, 0.717) is 12.5 Å². The van der Waals surface area contributed by atoms with Crippen molar-refractivity contribution in [1.29, 1.82) is 0 Å². The molecule has 2 rings (SSSR count). The number of hydrogen-bond donors (Lipinski definition) is 1. The molecule has 1 amide bonds. The van der Waals surface area contributed by atoms with Gasteiger partial charge in [0.1, 0.15) is 0 Å². The standard InChI is InChI=1S/C11H17N3OS.2ClH/c1-9-6-12-4-5-14(9)11(15)3-2-10-7-16-8-13-10;;/h7-9,12H,2-6H2,1H3;2*1H/t9-;;/m1../s1. The number of carbonyl (C=O) groups excluding carboxylic acids is 1. The molecule has 0 aliphatic carbocycles. The Balaban J connectivity index is 0.00000144. The Bertz CT molecular complexity index is 348. The second kappa shape index (κ2) is 8.69. The van der Waals surface area contributed by atoms with E-state index >= 15 is 0 Å². The van der Waals surface area contributed by atoms with Gasteiger partial charge in [-0.1, -0.05) is 0 Å². The zero-order valence-corrected chi connectivity index (χ0v) is 12.7. The Labute approximate surface area is 124 Å². The minimum atomic E-state index is 0. The fourth-order valence-corrected chi connectivity index (χ4v) is 2.54. The lowest BCUT2D eigenvalue weighted by Gasteiger charge is -2.34. The van der Waals surface area contributed by atoms with Crippen molar-refractivity contribution in [2.45, 2.75) is 25.8 Å². The van der Waals surface area contributed by atoms with E-state index in [1.165, 1.54) is 0 Å². The maximum absolute atomic E-state index is 12.0. The molecule has 4 nitrogen and oxygen atoms in total. The lowest BCUT2D eigenvalue weighted by atomic mass is 10.1. The number of aromatic nitrogens is 1. The molecule has 1 aliphatic heterocycles. The number of hydrogen-bond acceptors (Lipinski definition) is 4. The molecule has 1 fully saturated rings. The molecule has 1 aliphatic rings. The fourth-order valence-electron chi connectivity index (χ4n) is 1.95. The number of nitrogens with one attached hydrogen (secondary N) is 1. The molecule has 1 aromatic heterocycles. The molecule has 0 unspecified atom stereocenters. The van der Waals surface area contributed by atoms with Gasteiger partial charge in [-0.3, -0.25) is 4.79 Å². The Hall–Kier alpha value is -0.360. The summed E-state index contributed by atoms with van der Waals surface area (Å²) in [5, 5.41) is 5.29. The van der Waals surface area contributed by atoms with Gasteiger partial charge in [0.2, 0.25) is 5.91 Å². The lowest BCUT2D eigenvalue weighted by molar-refractivity contribution is -0.133. The number of thiazole rings is 1. The van der Waals surface area contributed by atoms with Gasteiger partial charge in [0.25, 0.3) is 0 Å². The van der Waals surface area contributed by atoms with Gasteiger partial charge in [0.05, 0.1) is 11.2 Å². The first kappa shape index (κ1) is 17.6. The minimum absolute atomic E-state index is 0. The Morgan fingerprint density at radius 3 is 3.00 bits per heavy atom. The summed E-state index contributed by atoms with van der Waals surface area (Å²) in [7, 11) is 0. The van der Waals surface area contributed by atoms with Gasteiger partial charge < -0.3 is 10.2 Å². The lowest BCUT2D eigenvalue weighted by Crippen LogP contribution is -2.52. The Kier molecular flexibility index (Phi) is 8.52. The predicted octanol–water partition coefficient (Wildman–Crippen LogP) is 1.74. The molecule has 1 saturated heterocycles. The highest BCUT2D eigenvalue weighted by Gasteiger charge is 2.22. The van der Waals surface area contributed by atoms with Crippen molar-refractivity contribution in [2.24, 2.45) is 0 Å². The minimum Gasteiger partial charge on any atom is -0.337 e. The number of piperazine rings is 1. The van der Waals surface area contributed by atoms with Gasteiger partial charge in [-0.05, 0) is 13.3 Å². The van der Waals surface area contributed by atoms with Crippen LogP contribution in [0.4, 0.5) is 0 Å². The van der Waals surface area contributed by atoms with Crippen LogP contribution in [0.2, 0.25) is 0 Å². The summed E-state index contributed by atoms with van der Waals surface area (Å²) >= 11 is 1.58. The van der Waals surface area contributed by atoms with E-state index in [2.05, 4.69) is 17.2 Å². The summed E-state index contributed by atoms with van der Waals surface area (Å²) < 4.78 is 0. The van der Waals surface area contributed by atoms with E-state index in [-0.39, 0.29) is 30.7 Å². The van der Waals surface area contributed by atoms with Crippen LogP contribution in [0.15, 0.2) is 10.9 Å². The molecule has 0 aromatic carbocycles. The van der Waals surface area contributed by atoms with Crippen LogP contribution in [0.25, 0.3) is 0 Å². The summed E-state index contributed by atoms with van der Waals surface area (Å²) in [4.78, 5) is 18.1. The van der Waals surface area contributed by atoms with Crippen molar-refractivity contribution < 1.29 is 4.79 Å². The van der Waals surface area contributed by atoms with Gasteiger partial charge in [0.15, 0.2) is 0 Å². The first-order valence-corrected chi connectivity index (χ1v) is 6.59. The molecular formula is C11H19Cl2N3OS. The number of aryl methyl sites for hydroxylation is 1. The van der Waals surface area contributed by atoms with Gasteiger partial charge in [-0.2, -0.15) is 0 Å². The van der Waals surface area contributed by atoms with Crippen molar-refractivity contribution in [3.8, 4) is 0 Å². The molecule has 18 heavy (non-hydrogen) atoms. The van der Waals surface area contributed by atoms with E-state index in [4.69, 9.17) is 0 Å². The average molecular weight is 312 g/mol. The summed E-state index contributed by atoms with van der Waals surface area (Å²) in [6.07, 6.45) is 1.34. The van der Waals surface area contributed by atoms with Crippen molar-refractivity contribution in [3.63, 3.8) is 0 Å². The molecule has 0 saturated carbocycles. The molecule has 104 valence electrons. The maximum Gasteiger partial charge on any atom is 0.223 e. The molecule has 0 bridgehead atoms. The largest absolute Gasteiger partial charge is 0.337 e. The molecule has 2 heterocycles. The van der Waals surface area contributed by atoms with E-state index in [1.807, 2.05) is 15.8 Å². The van der Waals surface area contributed by atoms with Crippen LogP contribution in [-0.2, 0) is 11.2 Å². The number of rotatable bonds is 3. The molecule has 1 N–H and O–H groups in total. The summed E-state index contributed by atoms with van der Waals surface area (Å²) in [5.74, 6) is 0.252. The highest BCUT2D eigenvalue weighted by molar-refractivity contribution is 7.07. The second-order valence-corrected chi connectivity index (χ2v) is 4.84. The summed E-state index contributed by atoms with van der Waals surface area (Å²) in [5.41, 5.74) is 2.84. The van der Waals surface area contributed by atoms with Gasteiger partial charge in [-0.15, -0.1) is 36.2 Å². The van der Waals surface area contributed by atoms with Crippen molar-refractivity contribution >= 4 is 42.1 Å². The predicted molar refractivity (Wildman–Crippen MR) is 79.0 cm³/mol. The number of carbonyl (C=O) groups is 1. The Morgan fingerprint density at radius 1 is 1.61 bits per heavy atom. The van der Waals surface area contributed by atoms with Crippen molar-refractivity contribution in [3.05, 3.63) is 16.6 Å². The molecule has 1 atom stereocenters. The first-order valence-electron chi connectivity index (χ1n) is 5.64. The van der Waals surface area contributed by atoms with Crippen LogP contribution in [0, 0.1) is 0 Å². The normalized spacial score (nSPS) is 18.7. The zero-order valence-electron chi connectivity index (χ0n) is 10.3. The highest BCUT2D eigenvalue weighted by atomic mass is 35.5. The smallest absolute Gasteiger partial charge is 0.223 e. The Morgan fingerprint density at radius 2 is 2.39 bits per heavy atom. The molecule has 1 aromatic rings. The van der Waals surface area contributed by atoms with Gasteiger partial charge in [-0.25, -0.2) is 4.98 Å². The van der Waals surface area contributed by atoms with Crippen LogP contribution in [0.3, 0.4) is 0 Å². The van der Waals surface area contributed by atoms with E-state index in [1.54, 1.807) is 11.3 Å². The fraction of sp³-hybridized carbons (Fsp3) is 0.636. The van der Waals surface area contributed by atoms with Crippen LogP contribution in [0.1, 0.15) is 19.0 Å². The van der Waals surface area contributed by atoms with Crippen LogP contribution < -0.4 is 5.32 Å². The number of halogens is 2. The second-order valence-electron chi connectivity index (χ2n) is 4.12. The van der Waals surface area contributed by atoms with Crippen LogP contribution in [0.5, 0.6) is 0 Å². The van der Waals surface area contributed by atoms with Gasteiger partial charge in [0, 0.05) is 37.5 Å². The third-order valence-corrected chi connectivity index (χ3v) is 3.54. The molecular weight excluding hydrogens is 293 g/mol. The van der Waals surface area contributed by atoms with E-state index in [9.17, 15) is 4.79 Å². The third kappa shape index (κ3) is 4.72. The van der Waals surface area contributed by atoms with Crippen molar-refractivity contribution in [1.82, 2.24) is 15.2 Å². The monoisotopic (exact) mass is 311 g/mol. The van der Waals surface area contributed by atoms with Crippen LogP contribution in [-0.4, -0.2) is 41.5 Å². The third-order valence-electron chi connectivity index (χ3n) is 2.90. The SMILES string of the molecule is C[C@@H]1CNCCN1C(=O)CCc1cscn1.Cl.Cl.